The van der Waals surface area contributed by atoms with E-state index in [1.54, 1.807) is 17.9 Å². The van der Waals surface area contributed by atoms with Crippen molar-refractivity contribution in [1.82, 2.24) is 9.88 Å². The molecule has 0 bridgehead atoms. The molecule has 1 aromatic carbocycles. The van der Waals surface area contributed by atoms with Crippen LogP contribution in [0.15, 0.2) is 18.2 Å². The number of anilines is 1. The number of nitrogens with zero attached hydrogens (tertiary/aromatic N) is 3. The Balaban J connectivity index is 1.89. The largest absolute Gasteiger partial charge is 0.375 e. The molecular weight excluding hydrogens is 292 g/mol. The minimum Gasteiger partial charge on any atom is -0.375 e. The van der Waals surface area contributed by atoms with E-state index in [-0.39, 0.29) is 11.6 Å². The molecule has 1 aromatic heterocycles. The number of nitrogen functional groups attached to an aromatic ring is 1. The molecule has 0 unspecified atom stereocenters. The molecule has 0 fully saturated rings. The summed E-state index contributed by atoms with van der Waals surface area (Å²) in [4.78, 5) is 29.8. The highest BCUT2D eigenvalue weighted by molar-refractivity contribution is 7.15. The maximum atomic E-state index is 12.5. The molecule has 2 heterocycles. The lowest BCUT2D eigenvalue weighted by Gasteiger charge is -2.16. The van der Waals surface area contributed by atoms with Crippen molar-refractivity contribution in [2.75, 3.05) is 5.73 Å². The molecule has 2 N–H and O–H groups in total. The summed E-state index contributed by atoms with van der Waals surface area (Å²) in [6.45, 7) is 2.43. The summed E-state index contributed by atoms with van der Waals surface area (Å²) >= 11 is 1.37. The molecule has 3 rings (SSSR count). The zero-order chi connectivity index (χ0) is 15.1. The van der Waals surface area contributed by atoms with E-state index in [0.29, 0.717) is 29.3 Å². The molecule has 0 radical (unpaired) electrons. The first kappa shape index (κ1) is 13.5. The number of hydrogen-bond acceptors (Lipinski definition) is 6. The number of amides is 1. The molecule has 7 nitrogen and oxygen atoms in total. The molecule has 1 aliphatic heterocycles. The van der Waals surface area contributed by atoms with Gasteiger partial charge in [0, 0.05) is 17.2 Å². The maximum absolute atomic E-state index is 12.5. The number of aromatic nitrogens is 1. The molecule has 0 aliphatic carbocycles. The molecule has 21 heavy (non-hydrogen) atoms. The van der Waals surface area contributed by atoms with Crippen molar-refractivity contribution in [3.63, 3.8) is 0 Å². The highest BCUT2D eigenvalue weighted by Crippen LogP contribution is 2.31. The SMILES string of the molecule is Cc1c(C(=O)N2Cc3nc(N)sc3C2)cccc1[N+](=O)[O-]. The Labute approximate surface area is 124 Å². The Morgan fingerprint density at radius 3 is 2.90 bits per heavy atom. The van der Waals surface area contributed by atoms with Gasteiger partial charge in [-0.15, -0.1) is 11.3 Å². The van der Waals surface area contributed by atoms with Gasteiger partial charge in [0.25, 0.3) is 11.6 Å². The standard InChI is InChI=1S/C13H12N4O3S/c1-7-8(3-2-4-10(7)17(19)20)12(18)16-5-9-11(6-16)21-13(14)15-9/h2-4H,5-6H2,1H3,(H2,14,15). The molecule has 2 aromatic rings. The first-order valence-corrected chi connectivity index (χ1v) is 7.06. The number of nitrogens with two attached hydrogens (primary N) is 1. The molecule has 0 saturated carbocycles. The molecule has 0 spiro atoms. The van der Waals surface area contributed by atoms with Crippen LogP contribution in [0, 0.1) is 17.0 Å². The van der Waals surface area contributed by atoms with Crippen LogP contribution in [0.3, 0.4) is 0 Å². The van der Waals surface area contributed by atoms with Gasteiger partial charge in [0.05, 0.1) is 28.6 Å². The molecule has 0 saturated heterocycles. The molecule has 1 amide bonds. The van der Waals surface area contributed by atoms with Crippen LogP contribution in [-0.4, -0.2) is 20.7 Å². The fourth-order valence-electron chi connectivity index (χ4n) is 2.43. The number of benzene rings is 1. The minimum atomic E-state index is -0.477. The predicted molar refractivity (Wildman–Crippen MR) is 77.9 cm³/mol. The van der Waals surface area contributed by atoms with Gasteiger partial charge in [-0.1, -0.05) is 6.07 Å². The van der Waals surface area contributed by atoms with E-state index in [0.717, 1.165) is 10.6 Å². The van der Waals surface area contributed by atoms with Gasteiger partial charge in [-0.2, -0.15) is 0 Å². The van der Waals surface area contributed by atoms with Gasteiger partial charge in [0.1, 0.15) is 0 Å². The third-order valence-electron chi connectivity index (χ3n) is 3.49. The van der Waals surface area contributed by atoms with Gasteiger partial charge in [-0.3, -0.25) is 14.9 Å². The third kappa shape index (κ3) is 2.23. The quantitative estimate of drug-likeness (QED) is 0.676. The monoisotopic (exact) mass is 304 g/mol. The van der Waals surface area contributed by atoms with Crippen molar-refractivity contribution in [2.45, 2.75) is 20.0 Å². The topological polar surface area (TPSA) is 102 Å². The highest BCUT2D eigenvalue weighted by Gasteiger charge is 2.29. The van der Waals surface area contributed by atoms with Crippen LogP contribution in [0.2, 0.25) is 0 Å². The molecule has 108 valence electrons. The van der Waals surface area contributed by atoms with Crippen LogP contribution in [0.4, 0.5) is 10.8 Å². The summed E-state index contributed by atoms with van der Waals surface area (Å²) in [6, 6.07) is 4.54. The van der Waals surface area contributed by atoms with Crippen molar-refractivity contribution in [2.24, 2.45) is 0 Å². The molecular formula is C13H12N4O3S. The average molecular weight is 304 g/mol. The van der Waals surface area contributed by atoms with E-state index in [1.165, 1.54) is 23.5 Å². The van der Waals surface area contributed by atoms with Crippen molar-refractivity contribution in [3.8, 4) is 0 Å². The van der Waals surface area contributed by atoms with Crippen LogP contribution >= 0.6 is 11.3 Å². The van der Waals surface area contributed by atoms with E-state index in [2.05, 4.69) is 4.98 Å². The Hall–Kier alpha value is -2.48. The average Bonchev–Trinajstić information content (AvgIpc) is 2.95. The lowest BCUT2D eigenvalue weighted by molar-refractivity contribution is -0.385. The van der Waals surface area contributed by atoms with Crippen LogP contribution in [0.1, 0.15) is 26.5 Å². The fourth-order valence-corrected chi connectivity index (χ4v) is 3.28. The maximum Gasteiger partial charge on any atom is 0.273 e. The van der Waals surface area contributed by atoms with Gasteiger partial charge < -0.3 is 10.6 Å². The van der Waals surface area contributed by atoms with E-state index in [1.807, 2.05) is 0 Å². The van der Waals surface area contributed by atoms with E-state index in [9.17, 15) is 14.9 Å². The first-order chi connectivity index (χ1) is 9.97. The number of rotatable bonds is 2. The number of hydrogen-bond donors (Lipinski definition) is 1. The lowest BCUT2D eigenvalue weighted by atomic mass is 10.1. The van der Waals surface area contributed by atoms with Gasteiger partial charge >= 0.3 is 0 Å². The Morgan fingerprint density at radius 2 is 2.24 bits per heavy atom. The number of nitro benzene ring substituents is 1. The number of nitro groups is 1. The van der Waals surface area contributed by atoms with Gasteiger partial charge in [-0.25, -0.2) is 4.98 Å². The Bertz CT molecular complexity index is 732. The molecule has 0 atom stereocenters. The normalized spacial score (nSPS) is 13.3. The van der Waals surface area contributed by atoms with Crippen LogP contribution in [0.25, 0.3) is 0 Å². The lowest BCUT2D eigenvalue weighted by Crippen LogP contribution is -2.26. The van der Waals surface area contributed by atoms with Gasteiger partial charge in [0.15, 0.2) is 5.13 Å². The number of fused-ring (bicyclic) bond motifs is 1. The van der Waals surface area contributed by atoms with E-state index in [4.69, 9.17) is 5.73 Å². The second-order valence-corrected chi connectivity index (χ2v) is 5.91. The number of carbonyl (C=O) groups excluding carboxylic acids is 1. The van der Waals surface area contributed by atoms with Crippen LogP contribution in [-0.2, 0) is 13.1 Å². The highest BCUT2D eigenvalue weighted by atomic mass is 32.1. The second-order valence-electron chi connectivity index (χ2n) is 4.79. The third-order valence-corrected chi connectivity index (χ3v) is 4.40. The van der Waals surface area contributed by atoms with E-state index >= 15 is 0 Å². The number of carbonyl (C=O) groups is 1. The minimum absolute atomic E-state index is 0.0443. The smallest absolute Gasteiger partial charge is 0.273 e. The zero-order valence-corrected chi connectivity index (χ0v) is 12.0. The predicted octanol–water partition coefficient (Wildman–Crippen LogP) is 2.10. The molecule has 1 aliphatic rings. The molecule has 8 heteroatoms. The van der Waals surface area contributed by atoms with Crippen molar-refractivity contribution >= 4 is 28.1 Å². The van der Waals surface area contributed by atoms with Crippen LogP contribution < -0.4 is 5.73 Å². The van der Waals surface area contributed by atoms with E-state index < -0.39 is 4.92 Å². The number of thiazole rings is 1. The van der Waals surface area contributed by atoms with Crippen molar-refractivity contribution < 1.29 is 9.72 Å². The summed E-state index contributed by atoms with van der Waals surface area (Å²) in [5.41, 5.74) is 7.14. The van der Waals surface area contributed by atoms with Crippen molar-refractivity contribution in [1.29, 1.82) is 0 Å². The Morgan fingerprint density at radius 1 is 1.48 bits per heavy atom. The van der Waals surface area contributed by atoms with Crippen molar-refractivity contribution in [3.05, 3.63) is 50.0 Å². The summed E-state index contributed by atoms with van der Waals surface area (Å²) < 4.78 is 0. The van der Waals surface area contributed by atoms with Gasteiger partial charge in [-0.05, 0) is 13.0 Å². The summed E-state index contributed by atoms with van der Waals surface area (Å²) in [5, 5.41) is 11.4. The summed E-state index contributed by atoms with van der Waals surface area (Å²) in [7, 11) is 0. The fraction of sp³-hybridized carbons (Fsp3) is 0.231. The van der Waals surface area contributed by atoms with Crippen LogP contribution in [0.5, 0.6) is 0 Å². The second kappa shape index (κ2) is 4.81. The summed E-state index contributed by atoms with van der Waals surface area (Å²) in [6.07, 6.45) is 0. The Kier molecular flexibility index (Phi) is 3.09. The zero-order valence-electron chi connectivity index (χ0n) is 11.2. The first-order valence-electron chi connectivity index (χ1n) is 6.24. The van der Waals surface area contributed by atoms with Gasteiger partial charge in [0.2, 0.25) is 0 Å². The summed E-state index contributed by atoms with van der Waals surface area (Å²) in [5.74, 6) is -0.222.